The fraction of sp³-hybridized carbons (Fsp3) is 0.714. The Labute approximate surface area is 137 Å². The molecule has 0 spiro atoms. The van der Waals surface area contributed by atoms with Crippen LogP contribution in [0.1, 0.15) is 38.0 Å². The van der Waals surface area contributed by atoms with E-state index in [9.17, 15) is 14.7 Å². The first-order valence-corrected chi connectivity index (χ1v) is 7.83. The van der Waals surface area contributed by atoms with Crippen LogP contribution in [0.4, 0.5) is 0 Å². The zero-order chi connectivity index (χ0) is 17.5. The predicted octanol–water partition coefficient (Wildman–Crippen LogP) is 0.812. The van der Waals surface area contributed by atoms with E-state index in [0.717, 1.165) is 12.8 Å². The topological polar surface area (TPSA) is 142 Å². The van der Waals surface area contributed by atoms with Crippen molar-refractivity contribution in [2.24, 2.45) is 5.11 Å². The number of nitrogens with one attached hydrogen (secondary N) is 1. The van der Waals surface area contributed by atoms with E-state index in [1.165, 1.54) is 10.8 Å². The third-order valence-electron chi connectivity index (χ3n) is 3.84. The molecule has 1 fully saturated rings. The number of nitrogens with zero attached hydrogens (tertiary/aromatic N) is 4. The number of aromatic nitrogens is 2. The van der Waals surface area contributed by atoms with Gasteiger partial charge in [-0.25, -0.2) is 4.79 Å². The van der Waals surface area contributed by atoms with Gasteiger partial charge in [-0.1, -0.05) is 18.5 Å². The lowest BCUT2D eigenvalue weighted by Crippen LogP contribution is -2.34. The second kappa shape index (κ2) is 8.65. The minimum Gasteiger partial charge on any atom is -0.394 e. The maximum Gasteiger partial charge on any atom is 0.330 e. The van der Waals surface area contributed by atoms with Crippen molar-refractivity contribution in [1.82, 2.24) is 9.55 Å². The first kappa shape index (κ1) is 18.2. The van der Waals surface area contributed by atoms with Gasteiger partial charge in [0.2, 0.25) is 0 Å². The molecule has 1 aliphatic heterocycles. The Morgan fingerprint density at radius 3 is 3.04 bits per heavy atom. The lowest BCUT2D eigenvalue weighted by atomic mass is 10.1. The highest BCUT2D eigenvalue weighted by molar-refractivity contribution is 5.04. The number of H-pyrrole nitrogens is 1. The van der Waals surface area contributed by atoms with Gasteiger partial charge in [-0.15, -0.1) is 0 Å². The second-order valence-corrected chi connectivity index (χ2v) is 5.55. The predicted molar refractivity (Wildman–Crippen MR) is 84.4 cm³/mol. The van der Waals surface area contributed by atoms with E-state index in [2.05, 4.69) is 15.0 Å². The molecule has 0 amide bonds. The standard InChI is InChI=1S/C14H21N5O5/c1-2-3-4-23-8-9-6-19(14(22)16-13(9)21)12-5-10(17-18-15)11(7-20)24-12/h6,10-12,20H,2-5,7-8H2,1H3,(H,16,21,22). The van der Waals surface area contributed by atoms with E-state index in [0.29, 0.717) is 12.2 Å². The monoisotopic (exact) mass is 339 g/mol. The molecule has 2 heterocycles. The molecule has 2 rings (SSSR count). The van der Waals surface area contributed by atoms with E-state index in [-0.39, 0.29) is 19.6 Å². The van der Waals surface area contributed by atoms with Crippen LogP contribution >= 0.6 is 0 Å². The van der Waals surface area contributed by atoms with Gasteiger partial charge in [-0.3, -0.25) is 14.3 Å². The molecular formula is C14H21N5O5. The Kier molecular flexibility index (Phi) is 6.56. The number of rotatable bonds is 8. The SMILES string of the molecule is CCCCOCc1cn(C2CC(N=[N+]=[N-])C(CO)O2)c(=O)[nH]c1=O. The molecule has 0 bridgehead atoms. The van der Waals surface area contributed by atoms with Crippen LogP contribution in [0.2, 0.25) is 0 Å². The number of hydrogen-bond donors (Lipinski definition) is 2. The third-order valence-corrected chi connectivity index (χ3v) is 3.84. The van der Waals surface area contributed by atoms with Crippen molar-refractivity contribution >= 4 is 0 Å². The minimum absolute atomic E-state index is 0.0888. The average Bonchev–Trinajstić information content (AvgIpc) is 2.96. The van der Waals surface area contributed by atoms with Gasteiger partial charge < -0.3 is 14.6 Å². The second-order valence-electron chi connectivity index (χ2n) is 5.55. The fourth-order valence-corrected chi connectivity index (χ4v) is 2.51. The van der Waals surface area contributed by atoms with E-state index in [1.54, 1.807) is 0 Å². The summed E-state index contributed by atoms with van der Waals surface area (Å²) in [6.07, 6.45) is 2.08. The molecule has 10 nitrogen and oxygen atoms in total. The summed E-state index contributed by atoms with van der Waals surface area (Å²) in [6, 6.07) is -0.576. The molecule has 0 aliphatic carbocycles. The summed E-state index contributed by atoms with van der Waals surface area (Å²) in [5, 5.41) is 12.9. The fourth-order valence-electron chi connectivity index (χ4n) is 2.51. The molecule has 1 saturated heterocycles. The van der Waals surface area contributed by atoms with Gasteiger partial charge in [0.1, 0.15) is 6.23 Å². The lowest BCUT2D eigenvalue weighted by molar-refractivity contribution is -0.0274. The van der Waals surface area contributed by atoms with Gasteiger partial charge in [-0.05, 0) is 12.0 Å². The normalized spacial score (nSPS) is 23.2. The first-order chi connectivity index (χ1) is 11.6. The number of aliphatic hydroxyl groups is 1. The molecule has 0 saturated carbocycles. The van der Waals surface area contributed by atoms with Crippen LogP contribution in [-0.2, 0) is 16.1 Å². The first-order valence-electron chi connectivity index (χ1n) is 7.83. The average molecular weight is 339 g/mol. The van der Waals surface area contributed by atoms with Crippen LogP contribution in [0.3, 0.4) is 0 Å². The quantitative estimate of drug-likeness (QED) is 0.312. The highest BCUT2D eigenvalue weighted by Crippen LogP contribution is 2.29. The molecule has 132 valence electrons. The molecule has 3 atom stereocenters. The smallest absolute Gasteiger partial charge is 0.330 e. The summed E-state index contributed by atoms with van der Waals surface area (Å²) in [4.78, 5) is 28.9. The number of hydrogen-bond acceptors (Lipinski definition) is 6. The number of aromatic amines is 1. The number of azide groups is 1. The van der Waals surface area contributed by atoms with E-state index in [1.807, 2.05) is 6.92 Å². The minimum atomic E-state index is -0.726. The molecular weight excluding hydrogens is 318 g/mol. The largest absolute Gasteiger partial charge is 0.394 e. The Morgan fingerprint density at radius 2 is 2.38 bits per heavy atom. The van der Waals surface area contributed by atoms with Crippen LogP contribution in [0.15, 0.2) is 20.9 Å². The number of aliphatic hydroxyl groups excluding tert-OH is 1. The molecule has 2 N–H and O–H groups in total. The third kappa shape index (κ3) is 4.24. The summed E-state index contributed by atoms with van der Waals surface area (Å²) < 4.78 is 12.2. The zero-order valence-electron chi connectivity index (χ0n) is 13.4. The van der Waals surface area contributed by atoms with Crippen molar-refractivity contribution in [1.29, 1.82) is 0 Å². The zero-order valence-corrected chi connectivity index (χ0v) is 13.4. The molecule has 1 aromatic rings. The molecule has 10 heteroatoms. The molecule has 0 radical (unpaired) electrons. The van der Waals surface area contributed by atoms with Crippen LogP contribution in [0.5, 0.6) is 0 Å². The number of ether oxygens (including phenoxy) is 2. The van der Waals surface area contributed by atoms with Gasteiger partial charge in [0.05, 0.1) is 30.9 Å². The van der Waals surface area contributed by atoms with Crippen molar-refractivity contribution in [3.8, 4) is 0 Å². The molecule has 1 aliphatic rings. The van der Waals surface area contributed by atoms with Gasteiger partial charge in [0.25, 0.3) is 5.56 Å². The van der Waals surface area contributed by atoms with Gasteiger partial charge in [0, 0.05) is 24.1 Å². The summed E-state index contributed by atoms with van der Waals surface area (Å²) in [5.74, 6) is 0. The van der Waals surface area contributed by atoms with E-state index in [4.69, 9.17) is 15.0 Å². The van der Waals surface area contributed by atoms with Crippen LogP contribution in [0.25, 0.3) is 10.4 Å². The van der Waals surface area contributed by atoms with Crippen molar-refractivity contribution in [3.05, 3.63) is 43.0 Å². The van der Waals surface area contributed by atoms with Crippen molar-refractivity contribution < 1.29 is 14.6 Å². The maximum atomic E-state index is 12.0. The van der Waals surface area contributed by atoms with Crippen LogP contribution < -0.4 is 11.2 Å². The van der Waals surface area contributed by atoms with E-state index < -0.39 is 29.6 Å². The Bertz CT molecular complexity index is 708. The van der Waals surface area contributed by atoms with Gasteiger partial charge in [-0.2, -0.15) is 0 Å². The molecule has 3 unspecified atom stereocenters. The Hall–Kier alpha value is -2.13. The summed E-state index contributed by atoms with van der Waals surface area (Å²) >= 11 is 0. The molecule has 0 aromatic carbocycles. The Morgan fingerprint density at radius 1 is 1.58 bits per heavy atom. The van der Waals surface area contributed by atoms with Gasteiger partial charge >= 0.3 is 5.69 Å². The van der Waals surface area contributed by atoms with Crippen molar-refractivity contribution in [2.45, 2.75) is 51.2 Å². The summed E-state index contributed by atoms with van der Waals surface area (Å²) in [7, 11) is 0. The van der Waals surface area contributed by atoms with Crippen LogP contribution in [-0.4, -0.2) is 40.0 Å². The van der Waals surface area contributed by atoms with Crippen molar-refractivity contribution in [2.75, 3.05) is 13.2 Å². The maximum absolute atomic E-state index is 12.0. The summed E-state index contributed by atoms with van der Waals surface area (Å²) in [6.45, 7) is 2.32. The van der Waals surface area contributed by atoms with E-state index >= 15 is 0 Å². The molecule has 1 aromatic heterocycles. The van der Waals surface area contributed by atoms with Gasteiger partial charge in [0.15, 0.2) is 0 Å². The van der Waals surface area contributed by atoms with Crippen LogP contribution in [0, 0.1) is 0 Å². The number of unbranched alkanes of at least 4 members (excludes halogenated alkanes) is 1. The lowest BCUT2D eigenvalue weighted by Gasteiger charge is -2.15. The molecule has 24 heavy (non-hydrogen) atoms. The highest BCUT2D eigenvalue weighted by Gasteiger charge is 2.35. The Balaban J connectivity index is 2.19. The highest BCUT2D eigenvalue weighted by atomic mass is 16.5. The summed E-state index contributed by atoms with van der Waals surface area (Å²) in [5.41, 5.74) is 7.74. The van der Waals surface area contributed by atoms with Crippen molar-refractivity contribution in [3.63, 3.8) is 0 Å².